The largest absolute Gasteiger partial charge is 0.372 e. The molecule has 0 radical (unpaired) electrons. The third-order valence-corrected chi connectivity index (χ3v) is 7.02. The van der Waals surface area contributed by atoms with Gasteiger partial charge in [-0.15, -0.1) is 0 Å². The predicted molar refractivity (Wildman–Crippen MR) is 130 cm³/mol. The van der Waals surface area contributed by atoms with E-state index in [0.29, 0.717) is 16.5 Å². The second kappa shape index (κ2) is 9.62. The van der Waals surface area contributed by atoms with E-state index < -0.39 is 0 Å². The van der Waals surface area contributed by atoms with Gasteiger partial charge < -0.3 is 9.64 Å². The highest BCUT2D eigenvalue weighted by Crippen LogP contribution is 2.33. The molecule has 3 aromatic rings. The number of pyridine rings is 2. The minimum atomic E-state index is 0.0562. The SMILES string of the molecule is CC1CCN(C(=O)c2ccc(-c3cncc(-c4ccnc(C5CCCO5)c4)c3)c(Cl)c2)CC1. The zero-order chi connectivity index (χ0) is 22.8. The smallest absolute Gasteiger partial charge is 0.253 e. The van der Waals surface area contributed by atoms with E-state index in [1.165, 1.54) is 0 Å². The maximum absolute atomic E-state index is 12.9. The lowest BCUT2D eigenvalue weighted by Crippen LogP contribution is -2.37. The van der Waals surface area contributed by atoms with E-state index in [4.69, 9.17) is 16.3 Å². The fourth-order valence-corrected chi connectivity index (χ4v) is 4.93. The second-order valence-electron chi connectivity index (χ2n) is 9.10. The second-order valence-corrected chi connectivity index (χ2v) is 9.51. The molecule has 1 aromatic carbocycles. The summed E-state index contributed by atoms with van der Waals surface area (Å²) in [6.45, 7) is 4.66. The molecule has 2 aliphatic heterocycles. The molecule has 1 atom stereocenters. The fraction of sp³-hybridized carbons (Fsp3) is 0.370. The van der Waals surface area contributed by atoms with Gasteiger partial charge in [0.1, 0.15) is 0 Å². The van der Waals surface area contributed by atoms with Crippen LogP contribution in [0.1, 0.15) is 54.8 Å². The number of nitrogens with zero attached hydrogens (tertiary/aromatic N) is 3. The molecule has 0 N–H and O–H groups in total. The van der Waals surface area contributed by atoms with Gasteiger partial charge in [-0.25, -0.2) is 0 Å². The minimum Gasteiger partial charge on any atom is -0.372 e. The van der Waals surface area contributed by atoms with Crippen LogP contribution in [0.2, 0.25) is 5.02 Å². The van der Waals surface area contributed by atoms with Crippen molar-refractivity contribution >= 4 is 17.5 Å². The summed E-state index contributed by atoms with van der Waals surface area (Å²) in [5, 5.41) is 0.556. The van der Waals surface area contributed by atoms with Gasteiger partial charge in [-0.3, -0.25) is 14.8 Å². The highest BCUT2D eigenvalue weighted by Gasteiger charge is 2.22. The lowest BCUT2D eigenvalue weighted by Gasteiger charge is -2.30. The lowest BCUT2D eigenvalue weighted by atomic mass is 9.98. The minimum absolute atomic E-state index is 0.0562. The fourth-order valence-electron chi connectivity index (χ4n) is 4.64. The molecule has 6 heteroatoms. The molecule has 5 rings (SSSR count). The first-order valence-electron chi connectivity index (χ1n) is 11.7. The number of hydrogen-bond acceptors (Lipinski definition) is 4. The zero-order valence-electron chi connectivity index (χ0n) is 18.8. The van der Waals surface area contributed by atoms with Gasteiger partial charge in [0.25, 0.3) is 5.91 Å². The van der Waals surface area contributed by atoms with Crippen molar-refractivity contribution in [3.05, 3.63) is 71.3 Å². The molecule has 1 unspecified atom stereocenters. The van der Waals surface area contributed by atoms with Crippen LogP contribution >= 0.6 is 11.6 Å². The molecule has 2 fully saturated rings. The summed E-state index contributed by atoms with van der Waals surface area (Å²) in [4.78, 5) is 23.8. The summed E-state index contributed by atoms with van der Waals surface area (Å²) in [5.74, 6) is 0.739. The monoisotopic (exact) mass is 461 g/mol. The van der Waals surface area contributed by atoms with Gasteiger partial charge in [0.15, 0.2) is 0 Å². The Kier molecular flexibility index (Phi) is 6.43. The highest BCUT2D eigenvalue weighted by atomic mass is 35.5. The van der Waals surface area contributed by atoms with Crippen LogP contribution in [0, 0.1) is 5.92 Å². The number of rotatable bonds is 4. The van der Waals surface area contributed by atoms with Gasteiger partial charge in [-0.2, -0.15) is 0 Å². The average molecular weight is 462 g/mol. The van der Waals surface area contributed by atoms with Crippen LogP contribution in [0.4, 0.5) is 0 Å². The van der Waals surface area contributed by atoms with Crippen LogP contribution in [0.5, 0.6) is 0 Å². The summed E-state index contributed by atoms with van der Waals surface area (Å²) in [6, 6.07) is 11.7. The molecule has 0 aliphatic carbocycles. The molecule has 2 aliphatic rings. The van der Waals surface area contributed by atoms with Gasteiger partial charge in [-0.1, -0.05) is 24.6 Å². The Labute approximate surface area is 199 Å². The first-order valence-corrected chi connectivity index (χ1v) is 12.1. The third kappa shape index (κ3) is 4.80. The van der Waals surface area contributed by atoms with E-state index in [-0.39, 0.29) is 12.0 Å². The van der Waals surface area contributed by atoms with Gasteiger partial charge in [0, 0.05) is 65.6 Å². The first-order chi connectivity index (χ1) is 16.1. The molecule has 0 spiro atoms. The number of ether oxygens (including phenoxy) is 1. The number of carbonyl (C=O) groups is 1. The van der Waals surface area contributed by atoms with E-state index >= 15 is 0 Å². The Morgan fingerprint density at radius 3 is 2.61 bits per heavy atom. The summed E-state index contributed by atoms with van der Waals surface area (Å²) in [6.07, 6.45) is 9.74. The van der Waals surface area contributed by atoms with Crippen molar-refractivity contribution in [3.63, 3.8) is 0 Å². The van der Waals surface area contributed by atoms with Gasteiger partial charge in [0.05, 0.1) is 11.8 Å². The van der Waals surface area contributed by atoms with Gasteiger partial charge in [-0.05, 0) is 67.5 Å². The van der Waals surface area contributed by atoms with Crippen molar-refractivity contribution < 1.29 is 9.53 Å². The van der Waals surface area contributed by atoms with Crippen molar-refractivity contribution in [2.75, 3.05) is 19.7 Å². The summed E-state index contributed by atoms with van der Waals surface area (Å²) < 4.78 is 5.79. The number of hydrogen-bond donors (Lipinski definition) is 0. The van der Waals surface area contributed by atoms with Crippen molar-refractivity contribution in [1.29, 1.82) is 0 Å². The summed E-state index contributed by atoms with van der Waals surface area (Å²) in [7, 11) is 0. The third-order valence-electron chi connectivity index (χ3n) is 6.71. The average Bonchev–Trinajstić information content (AvgIpc) is 3.39. The van der Waals surface area contributed by atoms with Crippen molar-refractivity contribution in [3.8, 4) is 22.3 Å². The quantitative estimate of drug-likeness (QED) is 0.465. The predicted octanol–water partition coefficient (Wildman–Crippen LogP) is 6.19. The molecule has 33 heavy (non-hydrogen) atoms. The first kappa shape index (κ1) is 22.1. The number of carbonyl (C=O) groups excluding carboxylic acids is 1. The molecule has 170 valence electrons. The molecule has 0 saturated carbocycles. The zero-order valence-corrected chi connectivity index (χ0v) is 19.6. The van der Waals surface area contributed by atoms with E-state index in [1.54, 1.807) is 12.3 Å². The molecule has 1 amide bonds. The summed E-state index contributed by atoms with van der Waals surface area (Å²) >= 11 is 6.65. The van der Waals surface area contributed by atoms with Crippen LogP contribution in [0.25, 0.3) is 22.3 Å². The molecule has 2 aromatic heterocycles. The number of likely N-dealkylation sites (tertiary alicyclic amines) is 1. The van der Waals surface area contributed by atoms with E-state index in [1.807, 2.05) is 35.5 Å². The Morgan fingerprint density at radius 2 is 1.85 bits per heavy atom. The van der Waals surface area contributed by atoms with Crippen LogP contribution < -0.4 is 0 Å². The van der Waals surface area contributed by atoms with Gasteiger partial charge >= 0.3 is 0 Å². The van der Waals surface area contributed by atoms with Crippen molar-refractivity contribution in [2.24, 2.45) is 5.92 Å². The summed E-state index contributed by atoms with van der Waals surface area (Å²) in [5.41, 5.74) is 5.42. The normalized spacial score (nSPS) is 19.1. The maximum Gasteiger partial charge on any atom is 0.253 e. The van der Waals surface area contributed by atoms with E-state index in [2.05, 4.69) is 29.0 Å². The van der Waals surface area contributed by atoms with Gasteiger partial charge in [0.2, 0.25) is 0 Å². The topological polar surface area (TPSA) is 55.3 Å². The number of amides is 1. The number of benzene rings is 1. The Balaban J connectivity index is 1.39. The highest BCUT2D eigenvalue weighted by molar-refractivity contribution is 6.33. The number of piperidine rings is 1. The van der Waals surface area contributed by atoms with Crippen LogP contribution in [0.15, 0.2) is 55.0 Å². The number of halogens is 1. The maximum atomic E-state index is 12.9. The Hall–Kier alpha value is -2.76. The Bertz CT molecular complexity index is 1150. The molecule has 4 heterocycles. The Morgan fingerprint density at radius 1 is 1.03 bits per heavy atom. The molecular formula is C27H28ClN3O2. The van der Waals surface area contributed by atoms with Crippen LogP contribution in [0.3, 0.4) is 0 Å². The van der Waals surface area contributed by atoms with E-state index in [0.717, 1.165) is 73.3 Å². The molecule has 0 bridgehead atoms. The van der Waals surface area contributed by atoms with Crippen LogP contribution in [-0.2, 0) is 4.74 Å². The standard InChI is InChI=1S/C27H28ClN3O2/c1-18-7-10-31(11-8-18)27(32)20-4-5-23(24(28)14-20)22-13-21(16-29-17-22)19-6-9-30-25(15-19)26-3-2-12-33-26/h4-6,9,13-18,26H,2-3,7-8,10-12H2,1H3. The molecule has 5 nitrogen and oxygen atoms in total. The van der Waals surface area contributed by atoms with Crippen LogP contribution in [-0.4, -0.2) is 40.5 Å². The molecular weight excluding hydrogens is 434 g/mol. The number of aromatic nitrogens is 2. The lowest BCUT2D eigenvalue weighted by molar-refractivity contribution is 0.0697. The van der Waals surface area contributed by atoms with Crippen molar-refractivity contribution in [2.45, 2.75) is 38.7 Å². The van der Waals surface area contributed by atoms with Crippen molar-refractivity contribution in [1.82, 2.24) is 14.9 Å². The van der Waals surface area contributed by atoms with E-state index in [9.17, 15) is 4.79 Å². The molecule has 2 saturated heterocycles.